The molecule has 1 heterocycles. The zero-order valence-corrected chi connectivity index (χ0v) is 13.8. The molecule has 0 bridgehead atoms. The molecule has 0 aromatic heterocycles. The van der Waals surface area contributed by atoms with E-state index in [4.69, 9.17) is 5.41 Å². The minimum atomic E-state index is 0.446. The van der Waals surface area contributed by atoms with Gasteiger partial charge in [-0.1, -0.05) is 47.1 Å². The Bertz CT molecular complexity index is 720. The van der Waals surface area contributed by atoms with Crippen LogP contribution < -0.4 is 4.90 Å². The molecule has 1 atom stereocenters. The largest absolute Gasteiger partial charge is 0.329 e. The number of rotatable bonds is 3. The van der Waals surface area contributed by atoms with Crippen molar-refractivity contribution in [2.75, 3.05) is 11.4 Å². The van der Waals surface area contributed by atoms with Crippen LogP contribution in [0.2, 0.25) is 0 Å². The molecule has 0 amide bonds. The van der Waals surface area contributed by atoms with Crippen molar-refractivity contribution in [1.29, 1.82) is 5.41 Å². The van der Waals surface area contributed by atoms with Crippen LogP contribution in [-0.2, 0) is 0 Å². The number of anilines is 1. The zero-order valence-electron chi connectivity index (χ0n) is 12.2. The minimum absolute atomic E-state index is 0.446. The fourth-order valence-corrected chi connectivity index (χ4v) is 3.68. The maximum absolute atomic E-state index is 8.33. The molecule has 0 saturated carbocycles. The lowest BCUT2D eigenvalue weighted by atomic mass is 9.96. The van der Waals surface area contributed by atoms with Crippen molar-refractivity contribution in [3.63, 3.8) is 0 Å². The molecule has 2 aromatic rings. The van der Waals surface area contributed by atoms with Gasteiger partial charge in [0.25, 0.3) is 0 Å². The molecule has 0 spiro atoms. The average molecular weight is 343 g/mol. The molecular weight excluding hydrogens is 324 g/mol. The summed E-state index contributed by atoms with van der Waals surface area (Å²) in [7, 11) is 0. The van der Waals surface area contributed by atoms with E-state index in [-0.39, 0.29) is 0 Å². The highest BCUT2D eigenvalue weighted by atomic mass is 79.9. The first-order valence-corrected chi connectivity index (χ1v) is 8.09. The molecule has 0 saturated heterocycles. The zero-order chi connectivity index (χ0) is 15.0. The van der Waals surface area contributed by atoms with E-state index in [0.29, 0.717) is 11.8 Å². The molecule has 21 heavy (non-hydrogen) atoms. The van der Waals surface area contributed by atoms with Crippen molar-refractivity contribution < 1.29 is 0 Å². The third kappa shape index (κ3) is 2.40. The molecule has 3 heteroatoms. The number of hydrogen-bond donors (Lipinski definition) is 1. The summed E-state index contributed by atoms with van der Waals surface area (Å²) in [5.74, 6) is 1.14. The highest BCUT2D eigenvalue weighted by Crippen LogP contribution is 2.42. The Kier molecular flexibility index (Phi) is 3.85. The maximum atomic E-state index is 8.33. The second-order valence-corrected chi connectivity index (χ2v) is 6.47. The molecule has 108 valence electrons. The van der Waals surface area contributed by atoms with E-state index in [2.05, 4.69) is 64.7 Å². The summed E-state index contributed by atoms with van der Waals surface area (Å²) in [6.45, 7) is 6.90. The quantitative estimate of drug-likeness (QED) is 0.447. The lowest BCUT2D eigenvalue weighted by Gasteiger charge is -2.20. The van der Waals surface area contributed by atoms with Crippen molar-refractivity contribution in [1.82, 2.24) is 0 Å². The molecule has 1 N–H and O–H groups in total. The average Bonchev–Trinajstić information content (AvgIpc) is 2.83. The van der Waals surface area contributed by atoms with Gasteiger partial charge < -0.3 is 4.90 Å². The van der Waals surface area contributed by atoms with E-state index in [1.54, 1.807) is 0 Å². The number of nitrogens with zero attached hydrogens (tertiary/aromatic N) is 1. The van der Waals surface area contributed by atoms with Gasteiger partial charge in [0.1, 0.15) is 5.84 Å². The van der Waals surface area contributed by atoms with Crippen molar-refractivity contribution in [3.05, 3.63) is 53.0 Å². The molecule has 1 unspecified atom stereocenters. The molecule has 1 aliphatic rings. The molecule has 1 aliphatic heterocycles. The van der Waals surface area contributed by atoms with Crippen LogP contribution in [0.25, 0.3) is 10.8 Å². The lowest BCUT2D eigenvalue weighted by molar-refractivity contribution is 0.816. The molecule has 2 nitrogen and oxygen atoms in total. The summed E-state index contributed by atoms with van der Waals surface area (Å²) >= 11 is 3.64. The third-order valence-electron chi connectivity index (χ3n) is 4.18. The molecule has 3 rings (SSSR count). The summed E-state index contributed by atoms with van der Waals surface area (Å²) in [6, 6.07) is 10.7. The third-order valence-corrected chi connectivity index (χ3v) is 4.87. The van der Waals surface area contributed by atoms with Crippen molar-refractivity contribution >= 4 is 38.2 Å². The predicted molar refractivity (Wildman–Crippen MR) is 94.6 cm³/mol. The monoisotopic (exact) mass is 342 g/mol. The Morgan fingerprint density at radius 1 is 1.38 bits per heavy atom. The Morgan fingerprint density at radius 3 is 2.95 bits per heavy atom. The summed E-state index contributed by atoms with van der Waals surface area (Å²) < 4.78 is 1.13. The van der Waals surface area contributed by atoms with Gasteiger partial charge in [0.05, 0.1) is 0 Å². The fraction of sp³-hybridized carbons (Fsp3) is 0.278. The molecule has 0 fully saturated rings. The first kappa shape index (κ1) is 14.3. The van der Waals surface area contributed by atoms with Gasteiger partial charge in [-0.2, -0.15) is 0 Å². The lowest BCUT2D eigenvalue weighted by Crippen LogP contribution is -2.28. The van der Waals surface area contributed by atoms with E-state index < -0.39 is 0 Å². The Labute approximate surface area is 134 Å². The number of nitrogens with one attached hydrogen (secondary N) is 1. The van der Waals surface area contributed by atoms with E-state index in [1.807, 2.05) is 6.08 Å². The van der Waals surface area contributed by atoms with Crippen LogP contribution >= 0.6 is 15.9 Å². The summed E-state index contributed by atoms with van der Waals surface area (Å²) in [4.78, 5) is 2.16. The standard InChI is InChI=1S/C18H19BrN2/c1-3-4-8-17(20)21-11-12(2)18-14-6-5-7-15(19)13(14)9-10-16(18)21/h3,5-7,9-10,12,20H,1,4,8,11H2,2H3. The van der Waals surface area contributed by atoms with Crippen molar-refractivity contribution in [2.45, 2.75) is 25.7 Å². The molecule has 2 aromatic carbocycles. The van der Waals surface area contributed by atoms with Gasteiger partial charge in [-0.15, -0.1) is 6.58 Å². The Morgan fingerprint density at radius 2 is 2.19 bits per heavy atom. The van der Waals surface area contributed by atoms with Gasteiger partial charge >= 0.3 is 0 Å². The van der Waals surface area contributed by atoms with E-state index in [9.17, 15) is 0 Å². The minimum Gasteiger partial charge on any atom is -0.329 e. The van der Waals surface area contributed by atoms with Gasteiger partial charge in [0, 0.05) is 29.0 Å². The van der Waals surface area contributed by atoms with Crippen LogP contribution in [-0.4, -0.2) is 12.4 Å². The number of benzene rings is 2. The van der Waals surface area contributed by atoms with Gasteiger partial charge in [-0.3, -0.25) is 5.41 Å². The van der Waals surface area contributed by atoms with Gasteiger partial charge in [-0.25, -0.2) is 0 Å². The van der Waals surface area contributed by atoms with E-state index >= 15 is 0 Å². The SMILES string of the molecule is C=CCCC(=N)N1CC(C)c2c1ccc1c(Br)cccc21. The normalized spacial score (nSPS) is 17.0. The van der Waals surface area contributed by atoms with Gasteiger partial charge in [-0.05, 0) is 34.9 Å². The van der Waals surface area contributed by atoms with Crippen LogP contribution in [0.15, 0.2) is 47.5 Å². The second kappa shape index (κ2) is 5.64. The van der Waals surface area contributed by atoms with Crippen LogP contribution in [0, 0.1) is 5.41 Å². The summed E-state index contributed by atoms with van der Waals surface area (Å²) in [5.41, 5.74) is 2.57. The number of hydrogen-bond acceptors (Lipinski definition) is 1. The Hall–Kier alpha value is -1.61. The topological polar surface area (TPSA) is 27.1 Å². The van der Waals surface area contributed by atoms with Crippen LogP contribution in [0.1, 0.15) is 31.2 Å². The first-order chi connectivity index (χ1) is 10.1. The van der Waals surface area contributed by atoms with E-state index in [1.165, 1.54) is 22.0 Å². The highest BCUT2D eigenvalue weighted by Gasteiger charge is 2.29. The summed E-state index contributed by atoms with van der Waals surface area (Å²) in [6.07, 6.45) is 3.50. The number of amidine groups is 1. The number of fused-ring (bicyclic) bond motifs is 3. The van der Waals surface area contributed by atoms with Crippen molar-refractivity contribution in [2.24, 2.45) is 0 Å². The molecule has 0 aliphatic carbocycles. The fourth-order valence-electron chi connectivity index (χ4n) is 3.18. The first-order valence-electron chi connectivity index (χ1n) is 7.30. The smallest absolute Gasteiger partial charge is 0.101 e. The Balaban J connectivity index is 2.09. The maximum Gasteiger partial charge on any atom is 0.101 e. The highest BCUT2D eigenvalue weighted by molar-refractivity contribution is 9.10. The van der Waals surface area contributed by atoms with Crippen molar-refractivity contribution in [3.8, 4) is 0 Å². The van der Waals surface area contributed by atoms with Crippen LogP contribution in [0.3, 0.4) is 0 Å². The second-order valence-electron chi connectivity index (χ2n) is 5.62. The van der Waals surface area contributed by atoms with Gasteiger partial charge in [0.15, 0.2) is 0 Å². The summed E-state index contributed by atoms with van der Waals surface area (Å²) in [5, 5.41) is 10.9. The predicted octanol–water partition coefficient (Wildman–Crippen LogP) is 5.47. The number of allylic oxidation sites excluding steroid dienone is 1. The van der Waals surface area contributed by atoms with Crippen LogP contribution in [0.5, 0.6) is 0 Å². The molecule has 0 radical (unpaired) electrons. The van der Waals surface area contributed by atoms with Crippen LogP contribution in [0.4, 0.5) is 5.69 Å². The number of halogens is 1. The van der Waals surface area contributed by atoms with E-state index in [0.717, 1.165) is 23.9 Å². The van der Waals surface area contributed by atoms with Gasteiger partial charge in [0.2, 0.25) is 0 Å². The molecular formula is C18H19BrN2.